The Balaban J connectivity index is 0.00000151. The third-order valence-electron chi connectivity index (χ3n) is 3.52. The number of amides is 1. The molecule has 3 N–H and O–H groups in total. The predicted molar refractivity (Wildman–Crippen MR) is 106 cm³/mol. The third-order valence-corrected chi connectivity index (χ3v) is 3.52. The van der Waals surface area contributed by atoms with Crippen molar-refractivity contribution >= 4 is 17.8 Å². The minimum Gasteiger partial charge on any atom is -0.383 e. The molecule has 0 saturated heterocycles. The molecule has 0 fully saturated rings. The van der Waals surface area contributed by atoms with E-state index in [9.17, 15) is 4.79 Å². The molecule has 1 aromatic heterocycles. The van der Waals surface area contributed by atoms with Crippen LogP contribution in [0, 0.1) is 6.92 Å². The van der Waals surface area contributed by atoms with Gasteiger partial charge in [-0.05, 0) is 48.6 Å². The zero-order valence-corrected chi connectivity index (χ0v) is 15.4. The van der Waals surface area contributed by atoms with Crippen molar-refractivity contribution in [3.05, 3.63) is 77.1 Å². The van der Waals surface area contributed by atoms with E-state index in [0.29, 0.717) is 12.2 Å². The number of nitrogens with one attached hydrogen (secondary N) is 1. The lowest BCUT2D eigenvalue weighted by Gasteiger charge is -2.12. The van der Waals surface area contributed by atoms with E-state index in [4.69, 9.17) is 5.73 Å². The van der Waals surface area contributed by atoms with Gasteiger partial charge in [-0.1, -0.05) is 50.3 Å². The highest BCUT2D eigenvalue weighted by Crippen LogP contribution is 2.27. The van der Waals surface area contributed by atoms with E-state index >= 15 is 0 Å². The van der Waals surface area contributed by atoms with E-state index in [0.717, 1.165) is 28.7 Å². The summed E-state index contributed by atoms with van der Waals surface area (Å²) in [6.45, 7) is 7.92. The molecule has 1 heterocycles. The van der Waals surface area contributed by atoms with Crippen LogP contribution in [0.5, 0.6) is 0 Å². The van der Waals surface area contributed by atoms with Gasteiger partial charge < -0.3 is 11.1 Å². The number of carbonyl (C=O) groups excluding carboxylic acids is 1. The average Bonchev–Trinajstić information content (AvgIpc) is 2.65. The van der Waals surface area contributed by atoms with Crippen LogP contribution in [0.1, 0.15) is 37.5 Å². The highest BCUT2D eigenvalue weighted by Gasteiger charge is 2.09. The van der Waals surface area contributed by atoms with Crippen LogP contribution in [0.4, 0.5) is 5.82 Å². The molecule has 2 rings (SSSR count). The normalized spacial score (nSPS) is 11.4. The molecule has 1 aromatic carbocycles. The van der Waals surface area contributed by atoms with E-state index in [1.54, 1.807) is 12.4 Å². The van der Waals surface area contributed by atoms with E-state index in [1.165, 1.54) is 5.56 Å². The molecule has 0 aliphatic carbocycles. The highest BCUT2D eigenvalue weighted by atomic mass is 16.1. The highest BCUT2D eigenvalue weighted by molar-refractivity contribution is 5.83. The summed E-state index contributed by atoms with van der Waals surface area (Å²) in [6, 6.07) is 12.2. The molecule has 0 aliphatic rings. The summed E-state index contributed by atoms with van der Waals surface area (Å²) < 4.78 is 0. The Morgan fingerprint density at radius 2 is 1.92 bits per heavy atom. The van der Waals surface area contributed by atoms with Crippen molar-refractivity contribution in [3.63, 3.8) is 0 Å². The maximum atomic E-state index is 10.6. The second kappa shape index (κ2) is 10.8. The molecule has 25 heavy (non-hydrogen) atoms. The summed E-state index contributed by atoms with van der Waals surface area (Å²) in [7, 11) is 0. The second-order valence-corrected chi connectivity index (χ2v) is 5.36. The number of aromatic nitrogens is 1. The Kier molecular flexibility index (Phi) is 8.72. The van der Waals surface area contributed by atoms with Crippen LogP contribution >= 0.6 is 0 Å². The van der Waals surface area contributed by atoms with Crippen LogP contribution in [-0.2, 0) is 11.2 Å². The first-order chi connectivity index (χ1) is 12.1. The number of anilines is 1. The molecular formula is C21H27N3O. The first-order valence-corrected chi connectivity index (χ1v) is 8.45. The number of nitrogens with two attached hydrogens (primary N) is 1. The Morgan fingerprint density at radius 3 is 2.56 bits per heavy atom. The van der Waals surface area contributed by atoms with Crippen LogP contribution in [0.3, 0.4) is 0 Å². The molecule has 0 radical (unpaired) electrons. The van der Waals surface area contributed by atoms with Gasteiger partial charge in [0.1, 0.15) is 5.82 Å². The molecule has 0 atom stereocenters. The van der Waals surface area contributed by atoms with Crippen molar-refractivity contribution in [2.24, 2.45) is 0 Å². The fourth-order valence-corrected chi connectivity index (χ4v) is 2.35. The summed E-state index contributed by atoms with van der Waals surface area (Å²) in [4.78, 5) is 14.8. The van der Waals surface area contributed by atoms with Gasteiger partial charge in [-0.15, -0.1) is 0 Å². The first kappa shape index (κ1) is 20.2. The smallest absolute Gasteiger partial charge is 0.211 e. The molecular weight excluding hydrogens is 310 g/mol. The first-order valence-electron chi connectivity index (χ1n) is 8.45. The lowest BCUT2D eigenvalue weighted by atomic mass is 9.96. The maximum Gasteiger partial charge on any atom is 0.211 e. The van der Waals surface area contributed by atoms with Crippen molar-refractivity contribution in [3.8, 4) is 0 Å². The number of rotatable bonds is 6. The van der Waals surface area contributed by atoms with E-state index < -0.39 is 0 Å². The summed E-state index contributed by atoms with van der Waals surface area (Å²) in [5.41, 5.74) is 11.1. The molecule has 132 valence electrons. The number of hydrogen-bond donors (Lipinski definition) is 2. The number of nitrogens with zero attached hydrogens (tertiary/aromatic N) is 1. The minimum atomic E-state index is 0.480. The zero-order valence-electron chi connectivity index (χ0n) is 15.4. The number of allylic oxidation sites excluding steroid dienone is 3. The van der Waals surface area contributed by atoms with Gasteiger partial charge in [0.25, 0.3) is 0 Å². The molecule has 4 nitrogen and oxygen atoms in total. The SMILES string of the molecule is CC.CC(=C/NC=O)/C(=C\Cc1ccccc1)c1cc(C)cnc1N. The van der Waals surface area contributed by atoms with E-state index in [-0.39, 0.29) is 0 Å². The minimum absolute atomic E-state index is 0.480. The number of pyridine rings is 1. The number of hydrogen-bond acceptors (Lipinski definition) is 3. The standard InChI is InChI=1S/C19H21N3O.C2H6/c1-14-10-18(19(20)22-11-14)17(15(2)12-21-13-23)9-8-16-6-4-3-5-7-16;1-2/h3-7,9-13H,8H2,1-2H3,(H2,20,22)(H,21,23);1-2H3/b15-12-,17-9+;. The summed E-state index contributed by atoms with van der Waals surface area (Å²) in [5, 5.41) is 2.59. The zero-order chi connectivity index (χ0) is 18.7. The van der Waals surface area contributed by atoms with Gasteiger partial charge in [-0.25, -0.2) is 4.98 Å². The van der Waals surface area contributed by atoms with Gasteiger partial charge in [-0.3, -0.25) is 4.79 Å². The number of carbonyl (C=O) groups is 1. The lowest BCUT2D eigenvalue weighted by Crippen LogP contribution is -2.04. The van der Waals surface area contributed by atoms with Gasteiger partial charge in [-0.2, -0.15) is 0 Å². The molecule has 0 unspecified atom stereocenters. The number of aryl methyl sites for hydroxylation is 1. The lowest BCUT2D eigenvalue weighted by molar-refractivity contribution is -0.108. The van der Waals surface area contributed by atoms with Crippen molar-refractivity contribution in [2.45, 2.75) is 34.1 Å². The number of nitrogen functional groups attached to an aromatic ring is 1. The van der Waals surface area contributed by atoms with Gasteiger partial charge in [0.05, 0.1) is 0 Å². The fraction of sp³-hybridized carbons (Fsp3) is 0.238. The Bertz CT molecular complexity index is 734. The Labute approximate surface area is 150 Å². The Hall–Kier alpha value is -2.88. The van der Waals surface area contributed by atoms with Crippen LogP contribution in [0.25, 0.3) is 5.57 Å². The average molecular weight is 337 g/mol. The van der Waals surface area contributed by atoms with Gasteiger partial charge in [0, 0.05) is 18.0 Å². The summed E-state index contributed by atoms with van der Waals surface area (Å²) in [6.07, 6.45) is 6.95. The molecule has 1 amide bonds. The monoisotopic (exact) mass is 337 g/mol. The fourth-order valence-electron chi connectivity index (χ4n) is 2.35. The quantitative estimate of drug-likeness (QED) is 0.611. The number of benzene rings is 1. The summed E-state index contributed by atoms with van der Waals surface area (Å²) >= 11 is 0. The van der Waals surface area contributed by atoms with Crippen molar-refractivity contribution < 1.29 is 4.79 Å². The molecule has 0 aliphatic heterocycles. The van der Waals surface area contributed by atoms with Crippen LogP contribution in [-0.4, -0.2) is 11.4 Å². The molecule has 0 spiro atoms. The molecule has 4 heteroatoms. The molecule has 0 bridgehead atoms. The van der Waals surface area contributed by atoms with Gasteiger partial charge in [0.15, 0.2) is 0 Å². The van der Waals surface area contributed by atoms with Crippen LogP contribution in [0.15, 0.2) is 60.4 Å². The van der Waals surface area contributed by atoms with E-state index in [2.05, 4.69) is 28.5 Å². The van der Waals surface area contributed by atoms with Crippen molar-refractivity contribution in [1.82, 2.24) is 10.3 Å². The summed E-state index contributed by atoms with van der Waals surface area (Å²) in [5.74, 6) is 0.480. The largest absolute Gasteiger partial charge is 0.383 e. The Morgan fingerprint density at radius 1 is 1.24 bits per heavy atom. The second-order valence-electron chi connectivity index (χ2n) is 5.36. The van der Waals surface area contributed by atoms with Crippen molar-refractivity contribution in [2.75, 3.05) is 5.73 Å². The predicted octanol–water partition coefficient (Wildman–Crippen LogP) is 4.27. The third kappa shape index (κ3) is 6.26. The van der Waals surface area contributed by atoms with Crippen LogP contribution < -0.4 is 11.1 Å². The van der Waals surface area contributed by atoms with Crippen molar-refractivity contribution in [1.29, 1.82) is 0 Å². The van der Waals surface area contributed by atoms with Crippen LogP contribution in [0.2, 0.25) is 0 Å². The van der Waals surface area contributed by atoms with Gasteiger partial charge >= 0.3 is 0 Å². The van der Waals surface area contributed by atoms with E-state index in [1.807, 2.05) is 52.0 Å². The topological polar surface area (TPSA) is 68.0 Å². The van der Waals surface area contributed by atoms with Gasteiger partial charge in [0.2, 0.25) is 6.41 Å². The maximum absolute atomic E-state index is 10.6. The molecule has 0 saturated carbocycles. The molecule has 2 aromatic rings.